The maximum absolute atomic E-state index is 12.1. The van der Waals surface area contributed by atoms with E-state index in [0.717, 1.165) is 35.9 Å². The van der Waals surface area contributed by atoms with E-state index in [2.05, 4.69) is 36.8 Å². The number of hydrogen-bond acceptors (Lipinski definition) is 8. The Hall–Kier alpha value is -6.64. The van der Waals surface area contributed by atoms with Gasteiger partial charge in [0.25, 0.3) is 0 Å². The molecule has 8 heteroatoms. The molecule has 0 fully saturated rings. The smallest absolute Gasteiger partial charge is 0.330 e. The van der Waals surface area contributed by atoms with Gasteiger partial charge in [-0.05, 0) is 83.9 Å². The lowest BCUT2D eigenvalue weighted by Gasteiger charge is -2.09. The molecule has 4 rings (SSSR count). The Balaban J connectivity index is 1.37. The fraction of sp³-hybridized carbons (Fsp3) is 0.143. The fourth-order valence-electron chi connectivity index (χ4n) is 4.49. The van der Waals surface area contributed by atoms with Crippen molar-refractivity contribution >= 4 is 24.5 Å². The van der Waals surface area contributed by atoms with Crippen LogP contribution in [-0.4, -0.2) is 50.9 Å². The number of esters is 2. The first-order chi connectivity index (χ1) is 24.4. The molecule has 0 saturated heterocycles. The quantitative estimate of drug-likeness (QED) is 0.0450. The standard InChI is InChI=1S/C42H34O8/c1-3-41(45)49-25-5-23-47-37-17-11-31(12-18-37)7-9-33-15-21-39(35(27-33)29-43)40-22-16-34(28-36(40)30-44)10-8-32-13-19-38(20-14-32)48-24-6-26-50-42(46)4-2/h3-4,11-22,27-30H,1-2,5-6,23-26H2. The summed E-state index contributed by atoms with van der Waals surface area (Å²) in [6, 6.07) is 25.1. The third kappa shape index (κ3) is 11.3. The van der Waals surface area contributed by atoms with E-state index in [9.17, 15) is 19.2 Å². The van der Waals surface area contributed by atoms with Gasteiger partial charge in [-0.15, -0.1) is 0 Å². The Bertz CT molecular complexity index is 1820. The van der Waals surface area contributed by atoms with Crippen LogP contribution in [0.2, 0.25) is 0 Å². The molecule has 0 aliphatic heterocycles. The highest BCUT2D eigenvalue weighted by Gasteiger charge is 2.11. The highest BCUT2D eigenvalue weighted by atomic mass is 16.5. The molecule has 0 spiro atoms. The maximum Gasteiger partial charge on any atom is 0.330 e. The zero-order chi connectivity index (χ0) is 35.6. The number of benzene rings is 4. The lowest BCUT2D eigenvalue weighted by molar-refractivity contribution is -0.138. The minimum absolute atomic E-state index is 0.252. The van der Waals surface area contributed by atoms with Gasteiger partial charge in [0.1, 0.15) is 11.5 Å². The van der Waals surface area contributed by atoms with E-state index in [1.165, 1.54) is 0 Å². The molecule has 0 aromatic heterocycles. The van der Waals surface area contributed by atoms with Crippen LogP contribution in [0.5, 0.6) is 11.5 Å². The SMILES string of the molecule is C=CC(=O)OCCCOc1ccc(C#Cc2ccc(-c3ccc(C#Cc4ccc(OCCCOC(=O)C=C)cc4)cc3C=O)c(C=O)c2)cc1. The third-order valence-electron chi connectivity index (χ3n) is 7.00. The van der Waals surface area contributed by atoms with Crippen LogP contribution in [0.25, 0.3) is 11.1 Å². The van der Waals surface area contributed by atoms with Crippen molar-refractivity contribution in [2.24, 2.45) is 0 Å². The van der Waals surface area contributed by atoms with E-state index in [0.29, 0.717) is 70.9 Å². The van der Waals surface area contributed by atoms with Crippen LogP contribution in [0.4, 0.5) is 0 Å². The van der Waals surface area contributed by atoms with Crippen molar-refractivity contribution in [3.63, 3.8) is 0 Å². The predicted molar refractivity (Wildman–Crippen MR) is 190 cm³/mol. The average Bonchev–Trinajstić information content (AvgIpc) is 3.16. The normalized spacial score (nSPS) is 9.84. The highest BCUT2D eigenvalue weighted by Crippen LogP contribution is 2.27. The number of carbonyl (C=O) groups excluding carboxylic acids is 4. The molecule has 4 aromatic carbocycles. The van der Waals surface area contributed by atoms with Gasteiger partial charge in [-0.2, -0.15) is 0 Å². The Labute approximate surface area is 291 Å². The minimum Gasteiger partial charge on any atom is -0.493 e. The lowest BCUT2D eigenvalue weighted by atomic mass is 9.93. The Morgan fingerprint density at radius 2 is 0.880 bits per heavy atom. The summed E-state index contributed by atoms with van der Waals surface area (Å²) in [5.74, 6) is 12.8. The number of ether oxygens (including phenoxy) is 4. The van der Waals surface area contributed by atoms with E-state index in [1.54, 1.807) is 60.7 Å². The molecule has 0 unspecified atom stereocenters. The first-order valence-corrected chi connectivity index (χ1v) is 15.7. The molecule has 50 heavy (non-hydrogen) atoms. The van der Waals surface area contributed by atoms with Crippen molar-refractivity contribution in [2.75, 3.05) is 26.4 Å². The van der Waals surface area contributed by atoms with Crippen LogP contribution >= 0.6 is 0 Å². The summed E-state index contributed by atoms with van der Waals surface area (Å²) >= 11 is 0. The van der Waals surface area contributed by atoms with Crippen molar-refractivity contribution < 1.29 is 38.1 Å². The number of aldehydes is 2. The van der Waals surface area contributed by atoms with Gasteiger partial charge in [0.05, 0.1) is 26.4 Å². The zero-order valence-corrected chi connectivity index (χ0v) is 27.3. The van der Waals surface area contributed by atoms with Gasteiger partial charge in [-0.1, -0.05) is 49.0 Å². The monoisotopic (exact) mass is 666 g/mol. The topological polar surface area (TPSA) is 105 Å². The van der Waals surface area contributed by atoms with Crippen LogP contribution in [0.1, 0.15) is 55.8 Å². The predicted octanol–water partition coefficient (Wildman–Crippen LogP) is 6.77. The maximum atomic E-state index is 12.1. The summed E-state index contributed by atoms with van der Waals surface area (Å²) in [6.45, 7) is 8.00. The second-order valence-electron chi connectivity index (χ2n) is 10.5. The minimum atomic E-state index is -0.461. The first kappa shape index (κ1) is 36.2. The van der Waals surface area contributed by atoms with Gasteiger partial charge in [0.15, 0.2) is 12.6 Å². The molecule has 8 nitrogen and oxygen atoms in total. The summed E-state index contributed by atoms with van der Waals surface area (Å²) < 4.78 is 21.2. The van der Waals surface area contributed by atoms with Gasteiger partial charge >= 0.3 is 11.9 Å². The van der Waals surface area contributed by atoms with E-state index in [4.69, 9.17) is 18.9 Å². The molecule has 0 atom stereocenters. The number of hydrogen-bond donors (Lipinski definition) is 0. The average molecular weight is 667 g/mol. The number of carbonyl (C=O) groups is 4. The third-order valence-corrected chi connectivity index (χ3v) is 7.00. The molecule has 0 saturated carbocycles. The van der Waals surface area contributed by atoms with Gasteiger partial charge in [-0.3, -0.25) is 9.59 Å². The molecular formula is C42H34O8. The summed E-state index contributed by atoms with van der Waals surface area (Å²) in [6.07, 6.45) is 4.84. The van der Waals surface area contributed by atoms with Crippen molar-refractivity contribution in [1.82, 2.24) is 0 Å². The van der Waals surface area contributed by atoms with Crippen molar-refractivity contribution in [3.8, 4) is 46.3 Å². The second-order valence-corrected chi connectivity index (χ2v) is 10.5. The molecule has 0 N–H and O–H groups in total. The van der Waals surface area contributed by atoms with Crippen LogP contribution in [0.3, 0.4) is 0 Å². The molecule has 0 heterocycles. The lowest BCUT2D eigenvalue weighted by Crippen LogP contribution is -2.06. The second kappa shape index (κ2) is 19.2. The van der Waals surface area contributed by atoms with E-state index in [-0.39, 0.29) is 13.2 Å². The van der Waals surface area contributed by atoms with Gasteiger partial charge < -0.3 is 18.9 Å². The number of rotatable bonds is 15. The fourth-order valence-corrected chi connectivity index (χ4v) is 4.49. The van der Waals surface area contributed by atoms with Crippen molar-refractivity contribution in [3.05, 3.63) is 144 Å². The summed E-state index contributed by atoms with van der Waals surface area (Å²) in [4.78, 5) is 46.3. The van der Waals surface area contributed by atoms with Crippen molar-refractivity contribution in [2.45, 2.75) is 12.8 Å². The highest BCUT2D eigenvalue weighted by molar-refractivity contribution is 5.95. The summed E-state index contributed by atoms with van der Waals surface area (Å²) in [5, 5.41) is 0. The summed E-state index contributed by atoms with van der Waals surface area (Å²) in [7, 11) is 0. The molecule has 0 bridgehead atoms. The first-order valence-electron chi connectivity index (χ1n) is 15.7. The molecule has 250 valence electrons. The molecular weight excluding hydrogens is 632 g/mol. The van der Waals surface area contributed by atoms with Crippen LogP contribution < -0.4 is 9.47 Å². The molecule has 0 aliphatic rings. The largest absolute Gasteiger partial charge is 0.493 e. The van der Waals surface area contributed by atoms with Crippen LogP contribution in [0, 0.1) is 23.7 Å². The van der Waals surface area contributed by atoms with E-state index >= 15 is 0 Å². The van der Waals surface area contributed by atoms with E-state index < -0.39 is 11.9 Å². The molecule has 0 amide bonds. The molecule has 0 radical (unpaired) electrons. The Kier molecular flexibility index (Phi) is 13.9. The Morgan fingerprint density at radius 3 is 1.24 bits per heavy atom. The zero-order valence-electron chi connectivity index (χ0n) is 27.3. The molecule has 4 aromatic rings. The van der Waals surface area contributed by atoms with Gasteiger partial charge in [0, 0.05) is 58.4 Å². The summed E-state index contributed by atoms with van der Waals surface area (Å²) in [5.41, 5.74) is 4.85. The molecule has 0 aliphatic carbocycles. The van der Waals surface area contributed by atoms with Crippen LogP contribution in [-0.2, 0) is 19.1 Å². The van der Waals surface area contributed by atoms with Gasteiger partial charge in [0.2, 0.25) is 0 Å². The van der Waals surface area contributed by atoms with Gasteiger partial charge in [-0.25, -0.2) is 9.59 Å². The Morgan fingerprint density at radius 1 is 0.520 bits per heavy atom. The van der Waals surface area contributed by atoms with Crippen LogP contribution in [0.15, 0.2) is 110 Å². The van der Waals surface area contributed by atoms with Crippen molar-refractivity contribution in [1.29, 1.82) is 0 Å². The van der Waals surface area contributed by atoms with E-state index in [1.807, 2.05) is 24.3 Å².